The highest BCUT2D eigenvalue weighted by molar-refractivity contribution is 5.90. The first-order chi connectivity index (χ1) is 9.58. The molecule has 0 unspecified atom stereocenters. The number of hydrazone groups is 1. The van der Waals surface area contributed by atoms with Crippen LogP contribution in [0.4, 0.5) is 4.79 Å². The molecular weight excluding hydrogens is 266 g/mol. The van der Waals surface area contributed by atoms with Crippen molar-refractivity contribution >= 4 is 12.2 Å². The highest BCUT2D eigenvalue weighted by Crippen LogP contribution is 2.44. The molecule has 0 bridgehead atoms. The fourth-order valence-corrected chi connectivity index (χ4v) is 1.61. The smallest absolute Gasteiger partial charge is 0.332 e. The number of carbonyl (C=O) groups is 1. The molecule has 1 aromatic carbocycles. The molecule has 0 atom stereocenters. The monoisotopic (exact) mass is 283 g/mol. The van der Waals surface area contributed by atoms with Gasteiger partial charge in [-0.25, -0.2) is 10.2 Å². The van der Waals surface area contributed by atoms with Crippen molar-refractivity contribution in [3.05, 3.63) is 11.6 Å². The van der Waals surface area contributed by atoms with Crippen molar-refractivity contribution in [1.29, 1.82) is 0 Å². The molecule has 0 aliphatic heterocycles. The quantitative estimate of drug-likeness (QED) is 0.591. The number of nitrogens with one attached hydrogen (secondary N) is 1. The molecule has 110 valence electrons. The summed E-state index contributed by atoms with van der Waals surface area (Å²) in [5, 5.41) is 3.68. The van der Waals surface area contributed by atoms with Crippen LogP contribution in [0.5, 0.6) is 23.0 Å². The van der Waals surface area contributed by atoms with Crippen molar-refractivity contribution in [1.82, 2.24) is 5.43 Å². The van der Waals surface area contributed by atoms with Crippen molar-refractivity contribution in [3.63, 3.8) is 0 Å². The lowest BCUT2D eigenvalue weighted by Crippen LogP contribution is -2.24. The minimum atomic E-state index is -0.778. The Kier molecular flexibility index (Phi) is 5.45. The van der Waals surface area contributed by atoms with E-state index in [9.17, 15) is 4.79 Å². The first-order valence-corrected chi connectivity index (χ1v) is 5.54. The third-order valence-corrected chi connectivity index (χ3v) is 2.42. The summed E-state index contributed by atoms with van der Waals surface area (Å²) in [6, 6.07) is 0.840. The Morgan fingerprint density at radius 2 is 1.70 bits per heavy atom. The molecule has 0 fully saturated rings. The summed E-state index contributed by atoms with van der Waals surface area (Å²) in [5.74, 6) is 1.63. The Hall–Kier alpha value is -2.64. The number of nitrogens with two attached hydrogens (primary N) is 1. The average Bonchev–Trinajstić information content (AvgIpc) is 2.45. The molecule has 3 N–H and O–H groups in total. The molecule has 0 saturated carbocycles. The second-order valence-electron chi connectivity index (χ2n) is 3.50. The zero-order chi connectivity index (χ0) is 15.1. The standard InChI is InChI=1S/C12H17N3O5/c1-17-8-5-9(18-2)11(20-4)10(19-3)7(8)6-14-15-12(13)16/h5-6H,1-4H3,(H3,13,15,16). The lowest BCUT2D eigenvalue weighted by atomic mass is 10.1. The van der Waals surface area contributed by atoms with Gasteiger partial charge in [0.25, 0.3) is 0 Å². The summed E-state index contributed by atoms with van der Waals surface area (Å²) >= 11 is 0. The Labute approximate surface area is 116 Å². The van der Waals surface area contributed by atoms with E-state index in [1.165, 1.54) is 34.7 Å². The van der Waals surface area contributed by atoms with E-state index >= 15 is 0 Å². The lowest BCUT2D eigenvalue weighted by Gasteiger charge is -2.16. The highest BCUT2D eigenvalue weighted by Gasteiger charge is 2.20. The van der Waals surface area contributed by atoms with E-state index in [1.54, 1.807) is 6.07 Å². The molecule has 20 heavy (non-hydrogen) atoms. The van der Waals surface area contributed by atoms with E-state index in [-0.39, 0.29) is 0 Å². The van der Waals surface area contributed by atoms with Crippen LogP contribution in [0.15, 0.2) is 11.2 Å². The van der Waals surface area contributed by atoms with Crippen molar-refractivity contribution in [3.8, 4) is 23.0 Å². The Bertz CT molecular complexity index is 516. The van der Waals surface area contributed by atoms with Gasteiger partial charge in [0.15, 0.2) is 11.5 Å². The van der Waals surface area contributed by atoms with Crippen LogP contribution in [0.25, 0.3) is 0 Å². The maximum Gasteiger partial charge on any atom is 0.332 e. The third-order valence-electron chi connectivity index (χ3n) is 2.42. The molecule has 2 amide bonds. The first-order valence-electron chi connectivity index (χ1n) is 5.54. The summed E-state index contributed by atoms with van der Waals surface area (Å²) in [4.78, 5) is 10.6. The Balaban J connectivity index is 3.38. The van der Waals surface area contributed by atoms with Crippen molar-refractivity contribution in [2.45, 2.75) is 0 Å². The van der Waals surface area contributed by atoms with Gasteiger partial charge in [0.2, 0.25) is 5.75 Å². The summed E-state index contributed by atoms with van der Waals surface area (Å²) in [6.07, 6.45) is 1.34. The molecule has 0 aromatic heterocycles. The van der Waals surface area contributed by atoms with Gasteiger partial charge in [-0.05, 0) is 0 Å². The van der Waals surface area contributed by atoms with Crippen LogP contribution < -0.4 is 30.1 Å². The summed E-state index contributed by atoms with van der Waals surface area (Å²) in [7, 11) is 5.93. The fraction of sp³-hybridized carbons (Fsp3) is 0.333. The number of carbonyl (C=O) groups excluding carboxylic acids is 1. The summed E-state index contributed by atoms with van der Waals surface area (Å²) < 4.78 is 21.0. The van der Waals surface area contributed by atoms with Gasteiger partial charge >= 0.3 is 6.03 Å². The minimum Gasteiger partial charge on any atom is -0.496 e. The number of benzene rings is 1. The Morgan fingerprint density at radius 1 is 1.10 bits per heavy atom. The van der Waals surface area contributed by atoms with Gasteiger partial charge in [0.05, 0.1) is 40.2 Å². The Morgan fingerprint density at radius 3 is 2.15 bits per heavy atom. The molecule has 1 aromatic rings. The van der Waals surface area contributed by atoms with Gasteiger partial charge in [0, 0.05) is 6.07 Å². The van der Waals surface area contributed by atoms with Crippen LogP contribution in [-0.2, 0) is 0 Å². The van der Waals surface area contributed by atoms with Gasteiger partial charge in [-0.3, -0.25) is 0 Å². The zero-order valence-electron chi connectivity index (χ0n) is 11.7. The van der Waals surface area contributed by atoms with E-state index in [4.69, 9.17) is 24.7 Å². The van der Waals surface area contributed by atoms with E-state index in [2.05, 4.69) is 10.5 Å². The molecule has 8 nitrogen and oxygen atoms in total. The topological polar surface area (TPSA) is 104 Å². The predicted molar refractivity (Wildman–Crippen MR) is 73.0 cm³/mol. The molecule has 0 radical (unpaired) electrons. The number of nitrogens with zero attached hydrogens (tertiary/aromatic N) is 1. The maximum atomic E-state index is 10.6. The second-order valence-corrected chi connectivity index (χ2v) is 3.50. The summed E-state index contributed by atoms with van der Waals surface area (Å²) in [5.41, 5.74) is 7.49. The van der Waals surface area contributed by atoms with Crippen LogP contribution in [0.1, 0.15) is 5.56 Å². The van der Waals surface area contributed by atoms with Gasteiger partial charge in [-0.1, -0.05) is 0 Å². The van der Waals surface area contributed by atoms with Crippen molar-refractivity contribution < 1.29 is 23.7 Å². The minimum absolute atomic E-state index is 0.360. The molecule has 1 rings (SSSR count). The van der Waals surface area contributed by atoms with Crippen LogP contribution in [0, 0.1) is 0 Å². The normalized spacial score (nSPS) is 10.2. The molecule has 0 spiro atoms. The van der Waals surface area contributed by atoms with Crippen LogP contribution in [0.3, 0.4) is 0 Å². The number of urea groups is 1. The average molecular weight is 283 g/mol. The molecule has 0 saturated heterocycles. The number of hydrogen-bond acceptors (Lipinski definition) is 6. The third kappa shape index (κ3) is 3.22. The molecule has 0 heterocycles. The molecule has 8 heteroatoms. The largest absolute Gasteiger partial charge is 0.496 e. The number of rotatable bonds is 6. The SMILES string of the molecule is COc1cc(OC)c(OC)c(OC)c1C=NNC(N)=O. The number of primary amides is 1. The van der Waals surface area contributed by atoms with Crippen LogP contribution in [0.2, 0.25) is 0 Å². The number of hydrogen-bond donors (Lipinski definition) is 2. The zero-order valence-corrected chi connectivity index (χ0v) is 11.7. The second kappa shape index (κ2) is 7.07. The van der Waals surface area contributed by atoms with Gasteiger partial charge in [-0.2, -0.15) is 5.10 Å². The number of methoxy groups -OCH3 is 4. The first kappa shape index (κ1) is 15.4. The van der Waals surface area contributed by atoms with E-state index in [1.807, 2.05) is 0 Å². The van der Waals surface area contributed by atoms with Gasteiger partial charge < -0.3 is 24.7 Å². The lowest BCUT2D eigenvalue weighted by molar-refractivity contribution is 0.249. The van der Waals surface area contributed by atoms with Gasteiger partial charge in [0.1, 0.15) is 5.75 Å². The van der Waals surface area contributed by atoms with E-state index in [0.717, 1.165) is 0 Å². The fourth-order valence-electron chi connectivity index (χ4n) is 1.61. The molecule has 0 aliphatic carbocycles. The van der Waals surface area contributed by atoms with Crippen LogP contribution in [-0.4, -0.2) is 40.7 Å². The van der Waals surface area contributed by atoms with E-state index < -0.39 is 6.03 Å². The van der Waals surface area contributed by atoms with Crippen LogP contribution >= 0.6 is 0 Å². The highest BCUT2D eigenvalue weighted by atomic mass is 16.5. The maximum absolute atomic E-state index is 10.6. The van der Waals surface area contributed by atoms with Gasteiger partial charge in [-0.15, -0.1) is 0 Å². The van der Waals surface area contributed by atoms with E-state index in [0.29, 0.717) is 28.6 Å². The summed E-state index contributed by atoms with van der Waals surface area (Å²) in [6.45, 7) is 0. The molecular formula is C12H17N3O5. The molecule has 0 aliphatic rings. The van der Waals surface area contributed by atoms with Crippen molar-refractivity contribution in [2.24, 2.45) is 10.8 Å². The predicted octanol–water partition coefficient (Wildman–Crippen LogP) is 0.723. The number of ether oxygens (including phenoxy) is 4. The number of amides is 2. The van der Waals surface area contributed by atoms with Crippen molar-refractivity contribution in [2.75, 3.05) is 28.4 Å².